The Balaban J connectivity index is 2.02. The molecule has 0 radical (unpaired) electrons. The minimum atomic E-state index is -0.0553. The van der Waals surface area contributed by atoms with E-state index in [4.69, 9.17) is 0 Å². The van der Waals surface area contributed by atoms with Crippen molar-refractivity contribution in [1.29, 1.82) is 0 Å². The van der Waals surface area contributed by atoms with Gasteiger partial charge in [-0.3, -0.25) is 9.89 Å². The smallest absolute Gasteiger partial charge is 0.251 e. The number of nitrogens with one attached hydrogen (secondary N) is 2. The Labute approximate surface area is 119 Å². The predicted molar refractivity (Wildman–Crippen MR) is 79.8 cm³/mol. The van der Waals surface area contributed by atoms with Gasteiger partial charge in [0, 0.05) is 23.4 Å². The summed E-state index contributed by atoms with van der Waals surface area (Å²) in [6.07, 6.45) is 0. The van der Waals surface area contributed by atoms with E-state index in [2.05, 4.69) is 29.4 Å². The average molecular weight is 271 g/mol. The molecule has 2 N–H and O–H groups in total. The van der Waals surface area contributed by atoms with Crippen LogP contribution >= 0.6 is 0 Å². The molecule has 0 fully saturated rings. The van der Waals surface area contributed by atoms with Gasteiger partial charge >= 0.3 is 0 Å². The lowest BCUT2D eigenvalue weighted by molar-refractivity contribution is 0.0951. The van der Waals surface area contributed by atoms with E-state index in [0.717, 1.165) is 17.0 Å². The molecule has 0 spiro atoms. The van der Waals surface area contributed by atoms with Gasteiger partial charge in [-0.15, -0.1) is 0 Å². The number of carbonyl (C=O) groups excluding carboxylic acids is 1. The zero-order valence-corrected chi connectivity index (χ0v) is 12.4. The molecule has 4 nitrogen and oxygen atoms in total. The number of rotatable bonds is 4. The number of carbonyl (C=O) groups is 1. The van der Waals surface area contributed by atoms with Crippen LogP contribution in [0.15, 0.2) is 24.3 Å². The number of hydrogen-bond donors (Lipinski definition) is 2. The van der Waals surface area contributed by atoms with Crippen LogP contribution < -0.4 is 5.32 Å². The molecule has 1 heterocycles. The largest absolute Gasteiger partial charge is 0.348 e. The quantitative estimate of drug-likeness (QED) is 0.897. The van der Waals surface area contributed by atoms with E-state index >= 15 is 0 Å². The molecule has 0 saturated carbocycles. The average Bonchev–Trinajstić information content (AvgIpc) is 2.75. The van der Waals surface area contributed by atoms with Crippen LogP contribution in [-0.2, 0) is 6.54 Å². The Hall–Kier alpha value is -2.10. The fraction of sp³-hybridized carbons (Fsp3) is 0.375. The van der Waals surface area contributed by atoms with E-state index in [1.54, 1.807) is 0 Å². The second kappa shape index (κ2) is 5.90. The molecule has 0 aliphatic carbocycles. The summed E-state index contributed by atoms with van der Waals surface area (Å²) in [6.45, 7) is 8.67. The first kappa shape index (κ1) is 14.3. The summed E-state index contributed by atoms with van der Waals surface area (Å²) in [5, 5.41) is 9.97. The molecule has 2 rings (SSSR count). The lowest BCUT2D eigenvalue weighted by Crippen LogP contribution is -2.23. The van der Waals surface area contributed by atoms with Crippen LogP contribution in [-0.4, -0.2) is 16.1 Å². The number of benzene rings is 1. The van der Waals surface area contributed by atoms with Gasteiger partial charge in [0.1, 0.15) is 0 Å². The van der Waals surface area contributed by atoms with E-state index < -0.39 is 0 Å². The van der Waals surface area contributed by atoms with Gasteiger partial charge in [0.25, 0.3) is 5.91 Å². The Kier molecular flexibility index (Phi) is 4.23. The zero-order valence-electron chi connectivity index (χ0n) is 12.4. The van der Waals surface area contributed by atoms with Crippen LogP contribution in [0.5, 0.6) is 0 Å². The fourth-order valence-electron chi connectivity index (χ4n) is 2.12. The van der Waals surface area contributed by atoms with E-state index in [-0.39, 0.29) is 5.91 Å². The number of aryl methyl sites for hydroxylation is 2. The van der Waals surface area contributed by atoms with Crippen molar-refractivity contribution in [2.45, 2.75) is 40.2 Å². The van der Waals surface area contributed by atoms with Crippen LogP contribution in [0.1, 0.15) is 52.6 Å². The minimum absolute atomic E-state index is 0.0553. The molecule has 0 aliphatic rings. The van der Waals surface area contributed by atoms with Gasteiger partial charge in [0.2, 0.25) is 0 Å². The van der Waals surface area contributed by atoms with E-state index in [0.29, 0.717) is 18.0 Å². The Morgan fingerprint density at radius 1 is 1.25 bits per heavy atom. The van der Waals surface area contributed by atoms with Gasteiger partial charge in [-0.25, -0.2) is 0 Å². The standard InChI is InChI=1S/C16H21N3O/c1-10(2)13-5-7-14(8-6-13)16(20)17-9-15-11(3)18-19-12(15)4/h5-8,10H,9H2,1-4H3,(H,17,20)(H,18,19). The number of hydrogen-bond acceptors (Lipinski definition) is 2. The molecule has 2 aromatic rings. The lowest BCUT2D eigenvalue weighted by atomic mass is 10.0. The van der Waals surface area contributed by atoms with Crippen molar-refractivity contribution in [2.24, 2.45) is 0 Å². The maximum absolute atomic E-state index is 12.1. The fourth-order valence-corrected chi connectivity index (χ4v) is 2.12. The molecule has 1 amide bonds. The van der Waals surface area contributed by atoms with Crippen molar-refractivity contribution in [3.05, 3.63) is 52.3 Å². The van der Waals surface area contributed by atoms with Crippen molar-refractivity contribution in [3.8, 4) is 0 Å². The summed E-state index contributed by atoms with van der Waals surface area (Å²) in [4.78, 5) is 12.1. The maximum Gasteiger partial charge on any atom is 0.251 e. The Bertz CT molecular complexity index is 577. The third kappa shape index (κ3) is 3.07. The number of aromatic nitrogens is 2. The number of amides is 1. The van der Waals surface area contributed by atoms with Crippen molar-refractivity contribution in [1.82, 2.24) is 15.5 Å². The lowest BCUT2D eigenvalue weighted by Gasteiger charge is -2.08. The number of H-pyrrole nitrogens is 1. The monoisotopic (exact) mass is 271 g/mol. The molecule has 0 aliphatic heterocycles. The Morgan fingerprint density at radius 2 is 1.90 bits per heavy atom. The summed E-state index contributed by atoms with van der Waals surface area (Å²) in [7, 11) is 0. The molecule has 0 atom stereocenters. The second-order valence-corrected chi connectivity index (χ2v) is 5.37. The summed E-state index contributed by atoms with van der Waals surface area (Å²) < 4.78 is 0. The van der Waals surface area contributed by atoms with Crippen molar-refractivity contribution < 1.29 is 4.79 Å². The van der Waals surface area contributed by atoms with Crippen LogP contribution in [0.25, 0.3) is 0 Å². The highest BCUT2D eigenvalue weighted by molar-refractivity contribution is 5.94. The molecule has 106 valence electrons. The van der Waals surface area contributed by atoms with Crippen LogP contribution in [0.4, 0.5) is 0 Å². The van der Waals surface area contributed by atoms with Crippen LogP contribution in [0, 0.1) is 13.8 Å². The Morgan fingerprint density at radius 3 is 2.40 bits per heavy atom. The van der Waals surface area contributed by atoms with Gasteiger partial charge in [0.15, 0.2) is 0 Å². The molecule has 0 saturated heterocycles. The number of aromatic amines is 1. The first-order valence-electron chi connectivity index (χ1n) is 6.87. The predicted octanol–water partition coefficient (Wildman–Crippen LogP) is 3.08. The molecular weight excluding hydrogens is 250 g/mol. The van der Waals surface area contributed by atoms with Crippen molar-refractivity contribution >= 4 is 5.91 Å². The van der Waals surface area contributed by atoms with E-state index in [1.165, 1.54) is 5.56 Å². The van der Waals surface area contributed by atoms with E-state index in [1.807, 2.05) is 38.1 Å². The molecular formula is C16H21N3O. The molecule has 4 heteroatoms. The van der Waals surface area contributed by atoms with Gasteiger partial charge in [0.05, 0.1) is 5.69 Å². The number of nitrogens with zero attached hydrogens (tertiary/aromatic N) is 1. The first-order chi connectivity index (χ1) is 9.49. The highest BCUT2D eigenvalue weighted by Gasteiger charge is 2.10. The van der Waals surface area contributed by atoms with E-state index in [9.17, 15) is 4.79 Å². The van der Waals surface area contributed by atoms with Crippen LogP contribution in [0.3, 0.4) is 0 Å². The van der Waals surface area contributed by atoms with Gasteiger partial charge in [-0.05, 0) is 37.5 Å². The third-order valence-electron chi connectivity index (χ3n) is 3.55. The molecule has 1 aromatic carbocycles. The summed E-state index contributed by atoms with van der Waals surface area (Å²) >= 11 is 0. The minimum Gasteiger partial charge on any atom is -0.348 e. The highest BCUT2D eigenvalue weighted by Crippen LogP contribution is 2.15. The normalized spacial score (nSPS) is 10.8. The van der Waals surface area contributed by atoms with Crippen molar-refractivity contribution in [2.75, 3.05) is 0 Å². The summed E-state index contributed by atoms with van der Waals surface area (Å²) in [5.74, 6) is 0.420. The van der Waals surface area contributed by atoms with Gasteiger partial charge in [-0.1, -0.05) is 26.0 Å². The van der Waals surface area contributed by atoms with Gasteiger partial charge in [-0.2, -0.15) is 5.10 Å². The van der Waals surface area contributed by atoms with Gasteiger partial charge < -0.3 is 5.32 Å². The molecule has 0 bridgehead atoms. The van der Waals surface area contributed by atoms with Crippen molar-refractivity contribution in [3.63, 3.8) is 0 Å². The third-order valence-corrected chi connectivity index (χ3v) is 3.55. The van der Waals surface area contributed by atoms with Crippen LogP contribution in [0.2, 0.25) is 0 Å². The zero-order chi connectivity index (χ0) is 14.7. The molecule has 0 unspecified atom stereocenters. The highest BCUT2D eigenvalue weighted by atomic mass is 16.1. The molecule has 1 aromatic heterocycles. The second-order valence-electron chi connectivity index (χ2n) is 5.37. The first-order valence-corrected chi connectivity index (χ1v) is 6.87. The SMILES string of the molecule is Cc1n[nH]c(C)c1CNC(=O)c1ccc(C(C)C)cc1. The summed E-state index contributed by atoms with van der Waals surface area (Å²) in [5.41, 5.74) is 4.91. The molecule has 20 heavy (non-hydrogen) atoms. The maximum atomic E-state index is 12.1. The summed E-state index contributed by atoms with van der Waals surface area (Å²) in [6, 6.07) is 7.77. The topological polar surface area (TPSA) is 57.8 Å².